The van der Waals surface area contributed by atoms with Crippen molar-refractivity contribution in [3.63, 3.8) is 0 Å². The molecule has 0 bridgehead atoms. The predicted molar refractivity (Wildman–Crippen MR) is 86.1 cm³/mol. The summed E-state index contributed by atoms with van der Waals surface area (Å²) >= 11 is 0. The molecule has 0 saturated carbocycles. The third kappa shape index (κ3) is 2.89. The smallest absolute Gasteiger partial charge is 0.235 e. The Morgan fingerprint density at radius 2 is 2.09 bits per heavy atom. The molecule has 5 heteroatoms. The lowest BCUT2D eigenvalue weighted by molar-refractivity contribution is -0.185. The monoisotopic (exact) mass is 319 g/mol. The number of benzene rings is 1. The Morgan fingerprint density at radius 1 is 1.35 bits per heavy atom. The number of likely N-dealkylation sites (tertiary alicyclic amines) is 1. The van der Waals surface area contributed by atoms with Crippen LogP contribution < -0.4 is 0 Å². The first kappa shape index (κ1) is 16.4. The lowest BCUT2D eigenvalue weighted by Gasteiger charge is -2.47. The van der Waals surface area contributed by atoms with E-state index in [1.54, 1.807) is 7.11 Å². The van der Waals surface area contributed by atoms with Gasteiger partial charge in [-0.1, -0.05) is 30.3 Å². The Balaban J connectivity index is 1.81. The number of aliphatic hydroxyl groups is 1. The van der Waals surface area contributed by atoms with Crippen LogP contribution in [0.3, 0.4) is 0 Å². The second-order valence-electron chi connectivity index (χ2n) is 6.84. The van der Waals surface area contributed by atoms with Gasteiger partial charge in [0.2, 0.25) is 5.91 Å². The van der Waals surface area contributed by atoms with Crippen LogP contribution in [0.4, 0.5) is 0 Å². The van der Waals surface area contributed by atoms with Crippen LogP contribution in [0.25, 0.3) is 0 Å². The van der Waals surface area contributed by atoms with E-state index >= 15 is 0 Å². The summed E-state index contributed by atoms with van der Waals surface area (Å²) in [5, 5.41) is 10.1. The molecule has 2 saturated heterocycles. The van der Waals surface area contributed by atoms with Crippen molar-refractivity contribution in [2.45, 2.75) is 18.3 Å². The summed E-state index contributed by atoms with van der Waals surface area (Å²) in [6.07, 6.45) is 1.79. The van der Waals surface area contributed by atoms with Gasteiger partial charge in [-0.15, -0.1) is 0 Å². The number of amides is 1. The molecule has 23 heavy (non-hydrogen) atoms. The lowest BCUT2D eigenvalue weighted by Crippen LogP contribution is -2.61. The Bertz CT molecular complexity index is 543. The van der Waals surface area contributed by atoms with Crippen molar-refractivity contribution in [3.8, 4) is 0 Å². The maximum Gasteiger partial charge on any atom is 0.235 e. The van der Waals surface area contributed by atoms with Crippen LogP contribution in [0.15, 0.2) is 30.3 Å². The average Bonchev–Trinajstić information content (AvgIpc) is 2.58. The predicted octanol–water partition coefficient (Wildman–Crippen LogP) is 1.20. The summed E-state index contributed by atoms with van der Waals surface area (Å²) in [5.41, 5.74) is 0.198. The Hall–Kier alpha value is -1.43. The summed E-state index contributed by atoms with van der Waals surface area (Å²) in [6, 6.07) is 10.0. The molecule has 1 unspecified atom stereocenters. The maximum atomic E-state index is 13.0. The fraction of sp³-hybridized carbons (Fsp3) is 0.611. The van der Waals surface area contributed by atoms with E-state index in [1.165, 1.54) is 0 Å². The number of hydrogen-bond donors (Lipinski definition) is 1. The number of rotatable bonds is 5. The van der Waals surface area contributed by atoms with Gasteiger partial charge < -0.3 is 19.5 Å². The number of piperidine rings is 1. The first-order valence-corrected chi connectivity index (χ1v) is 8.18. The third-order valence-corrected chi connectivity index (χ3v) is 5.18. The molecular weight excluding hydrogens is 294 g/mol. The first-order chi connectivity index (χ1) is 11.2. The SMILES string of the molecule is COCC1(C(=O)N2CCCC(CO)(c3ccccc3)C2)COC1. The number of carbonyl (C=O) groups is 1. The highest BCUT2D eigenvalue weighted by molar-refractivity contribution is 5.84. The summed E-state index contributed by atoms with van der Waals surface area (Å²) in [4.78, 5) is 14.9. The highest BCUT2D eigenvalue weighted by Gasteiger charge is 2.50. The van der Waals surface area contributed by atoms with Crippen LogP contribution in [-0.4, -0.2) is 62.5 Å². The van der Waals surface area contributed by atoms with Crippen LogP contribution in [0.1, 0.15) is 18.4 Å². The van der Waals surface area contributed by atoms with E-state index in [0.717, 1.165) is 24.9 Å². The summed E-state index contributed by atoms with van der Waals surface area (Å²) < 4.78 is 10.5. The number of methoxy groups -OCH3 is 1. The maximum absolute atomic E-state index is 13.0. The number of hydrogen-bond acceptors (Lipinski definition) is 4. The molecule has 126 valence electrons. The lowest BCUT2D eigenvalue weighted by atomic mass is 9.73. The fourth-order valence-electron chi connectivity index (χ4n) is 3.78. The zero-order valence-electron chi connectivity index (χ0n) is 13.7. The highest BCUT2D eigenvalue weighted by Crippen LogP contribution is 2.37. The molecule has 2 fully saturated rings. The molecule has 0 spiro atoms. The third-order valence-electron chi connectivity index (χ3n) is 5.18. The molecule has 0 aliphatic carbocycles. The van der Waals surface area contributed by atoms with E-state index in [2.05, 4.69) is 0 Å². The number of aliphatic hydroxyl groups excluding tert-OH is 1. The molecule has 0 radical (unpaired) electrons. The van der Waals surface area contributed by atoms with E-state index in [1.807, 2.05) is 35.2 Å². The van der Waals surface area contributed by atoms with E-state index < -0.39 is 5.41 Å². The van der Waals surface area contributed by atoms with Gasteiger partial charge in [-0.3, -0.25) is 4.79 Å². The van der Waals surface area contributed by atoms with Gasteiger partial charge in [0.15, 0.2) is 0 Å². The van der Waals surface area contributed by atoms with Crippen LogP contribution in [0, 0.1) is 5.41 Å². The van der Waals surface area contributed by atoms with Gasteiger partial charge in [0.25, 0.3) is 0 Å². The summed E-state index contributed by atoms with van der Waals surface area (Å²) in [7, 11) is 1.62. The Kier molecular flexibility index (Phi) is 4.71. The van der Waals surface area contributed by atoms with Gasteiger partial charge in [-0.2, -0.15) is 0 Å². The average molecular weight is 319 g/mol. The second-order valence-corrected chi connectivity index (χ2v) is 6.84. The summed E-state index contributed by atoms with van der Waals surface area (Å²) in [5.74, 6) is 0.0963. The highest BCUT2D eigenvalue weighted by atomic mass is 16.5. The molecule has 3 rings (SSSR count). The summed E-state index contributed by atoms with van der Waals surface area (Å²) in [6.45, 7) is 2.58. The van der Waals surface area contributed by atoms with Crippen molar-refractivity contribution < 1.29 is 19.4 Å². The molecule has 2 aliphatic rings. The molecule has 5 nitrogen and oxygen atoms in total. The fourth-order valence-corrected chi connectivity index (χ4v) is 3.78. The molecule has 1 N–H and O–H groups in total. The molecule has 2 aliphatic heterocycles. The zero-order chi connectivity index (χ0) is 16.3. The molecule has 0 aromatic heterocycles. The van der Waals surface area contributed by atoms with Crippen molar-refractivity contribution in [1.29, 1.82) is 0 Å². The van der Waals surface area contributed by atoms with E-state index in [-0.39, 0.29) is 17.9 Å². The quantitative estimate of drug-likeness (QED) is 0.886. The van der Waals surface area contributed by atoms with Crippen molar-refractivity contribution in [2.24, 2.45) is 5.41 Å². The van der Waals surface area contributed by atoms with Gasteiger partial charge in [0.05, 0.1) is 26.4 Å². The minimum absolute atomic E-state index is 0.0502. The van der Waals surface area contributed by atoms with Gasteiger partial charge in [-0.05, 0) is 18.4 Å². The Morgan fingerprint density at radius 3 is 2.65 bits per heavy atom. The first-order valence-electron chi connectivity index (χ1n) is 8.18. The van der Waals surface area contributed by atoms with Crippen molar-refractivity contribution >= 4 is 5.91 Å². The van der Waals surface area contributed by atoms with Crippen LogP contribution in [0.2, 0.25) is 0 Å². The largest absolute Gasteiger partial charge is 0.395 e. The van der Waals surface area contributed by atoms with Gasteiger partial charge >= 0.3 is 0 Å². The standard InChI is InChI=1S/C18H25NO4/c1-22-12-18(13-23-14-18)16(21)19-9-5-8-17(10-19,11-20)15-6-3-2-4-7-15/h2-4,6-7,20H,5,8-14H2,1H3. The number of ether oxygens (including phenoxy) is 2. The number of nitrogens with zero attached hydrogens (tertiary/aromatic N) is 1. The van der Waals surface area contributed by atoms with Crippen molar-refractivity contribution in [1.82, 2.24) is 4.90 Å². The van der Waals surface area contributed by atoms with Gasteiger partial charge in [0.1, 0.15) is 5.41 Å². The molecule has 2 heterocycles. The molecule has 1 atom stereocenters. The molecular formula is C18H25NO4. The Labute approximate surface area is 137 Å². The minimum Gasteiger partial charge on any atom is -0.395 e. The van der Waals surface area contributed by atoms with Crippen molar-refractivity contribution in [2.75, 3.05) is 46.6 Å². The zero-order valence-corrected chi connectivity index (χ0v) is 13.7. The molecule has 1 amide bonds. The van der Waals surface area contributed by atoms with Crippen LogP contribution >= 0.6 is 0 Å². The van der Waals surface area contributed by atoms with Crippen LogP contribution in [-0.2, 0) is 19.7 Å². The van der Waals surface area contributed by atoms with E-state index in [9.17, 15) is 9.90 Å². The van der Waals surface area contributed by atoms with Crippen molar-refractivity contribution in [3.05, 3.63) is 35.9 Å². The molecule has 1 aromatic carbocycles. The van der Waals surface area contributed by atoms with Crippen LogP contribution in [0.5, 0.6) is 0 Å². The molecule has 1 aromatic rings. The normalized spacial score (nSPS) is 26.6. The van der Waals surface area contributed by atoms with Gasteiger partial charge in [0, 0.05) is 25.6 Å². The second kappa shape index (κ2) is 6.59. The van der Waals surface area contributed by atoms with E-state index in [4.69, 9.17) is 9.47 Å². The van der Waals surface area contributed by atoms with Gasteiger partial charge in [-0.25, -0.2) is 0 Å². The number of carbonyl (C=O) groups excluding carboxylic acids is 1. The minimum atomic E-state index is -0.538. The van der Waals surface area contributed by atoms with E-state index in [0.29, 0.717) is 26.4 Å². The topological polar surface area (TPSA) is 59.0 Å².